The highest BCUT2D eigenvalue weighted by molar-refractivity contribution is 7.82. The zero-order valence-corrected chi connectivity index (χ0v) is 12.7. The summed E-state index contributed by atoms with van der Waals surface area (Å²) in [6, 6.07) is 17.1. The highest BCUT2D eigenvalue weighted by Gasteiger charge is 2.41. The number of benzene rings is 2. The van der Waals surface area contributed by atoms with E-state index in [2.05, 4.69) is 0 Å². The van der Waals surface area contributed by atoms with Gasteiger partial charge in [0.2, 0.25) is 0 Å². The molecule has 0 aromatic heterocycles. The first-order valence-corrected chi connectivity index (χ1v) is 8.49. The molecule has 0 spiro atoms. The van der Waals surface area contributed by atoms with E-state index in [0.717, 1.165) is 16.3 Å². The summed E-state index contributed by atoms with van der Waals surface area (Å²) in [6.45, 7) is 0. The van der Waals surface area contributed by atoms with Crippen molar-refractivity contribution >= 4 is 17.8 Å². The van der Waals surface area contributed by atoms with Gasteiger partial charge in [0, 0.05) is 5.30 Å². The van der Waals surface area contributed by atoms with E-state index in [0.29, 0.717) is 5.75 Å². The van der Waals surface area contributed by atoms with Gasteiger partial charge in [-0.05, 0) is 37.8 Å². The lowest BCUT2D eigenvalue weighted by Gasteiger charge is -2.26. The third kappa shape index (κ3) is 2.53. The Bertz CT molecular complexity index is 645. The third-order valence-corrected chi connectivity index (χ3v) is 6.65. The second-order valence-corrected chi connectivity index (χ2v) is 7.49. The Morgan fingerprint density at radius 2 is 1.48 bits per heavy atom. The van der Waals surface area contributed by atoms with E-state index in [-0.39, 0.29) is 0 Å². The van der Waals surface area contributed by atoms with Gasteiger partial charge in [0.1, 0.15) is 5.75 Å². The maximum absolute atomic E-state index is 14.0. The maximum atomic E-state index is 14.0. The largest absolute Gasteiger partial charge is 0.496 e. The molecule has 1 saturated carbocycles. The molecule has 2 aromatic rings. The minimum absolute atomic E-state index is 0.658. The fourth-order valence-corrected chi connectivity index (χ4v) is 5.34. The quantitative estimate of drug-likeness (QED) is 0.808. The van der Waals surface area contributed by atoms with Crippen molar-refractivity contribution < 1.29 is 9.30 Å². The highest BCUT2D eigenvalue weighted by Crippen LogP contribution is 2.59. The number of rotatable bonds is 4. The molecule has 0 bridgehead atoms. The Balaban J connectivity index is 2.19. The average Bonchev–Trinajstić information content (AvgIpc) is 3.10. The Morgan fingerprint density at radius 1 is 0.857 bits per heavy atom. The average molecular weight is 295 g/mol. The van der Waals surface area contributed by atoms with Crippen LogP contribution in [-0.2, 0) is 4.57 Å². The molecule has 0 aliphatic heterocycles. The fourth-order valence-electron chi connectivity index (χ4n) is 2.53. The summed E-state index contributed by atoms with van der Waals surface area (Å²) in [6.07, 6.45) is 7.67. The van der Waals surface area contributed by atoms with Gasteiger partial charge in [0.05, 0.1) is 18.1 Å². The summed E-state index contributed by atoms with van der Waals surface area (Å²) in [7, 11) is -1.30. The molecule has 0 amide bonds. The van der Waals surface area contributed by atoms with Crippen LogP contribution in [0.5, 0.6) is 5.75 Å². The van der Waals surface area contributed by atoms with Crippen molar-refractivity contribution in [2.75, 3.05) is 7.11 Å². The summed E-state index contributed by atoms with van der Waals surface area (Å²) in [5.74, 6) is 0.658. The van der Waals surface area contributed by atoms with Crippen LogP contribution in [-0.4, -0.2) is 7.11 Å². The smallest absolute Gasteiger partial charge is 0.154 e. The van der Waals surface area contributed by atoms with Crippen LogP contribution in [0.4, 0.5) is 0 Å². The van der Waals surface area contributed by atoms with Gasteiger partial charge in [-0.3, -0.25) is 0 Å². The molecule has 0 heterocycles. The van der Waals surface area contributed by atoms with Crippen LogP contribution >= 0.6 is 7.14 Å². The molecule has 3 heteroatoms. The SMILES string of the molecule is COc1ccccc1[P@](=O)([C]1[CH][CH][CH][CH]1)c1ccccc1. The molecule has 0 N–H and O–H groups in total. The second kappa shape index (κ2) is 6.07. The normalized spacial score (nSPS) is 18.3. The van der Waals surface area contributed by atoms with Gasteiger partial charge in [-0.1, -0.05) is 42.5 Å². The minimum atomic E-state index is -2.91. The Morgan fingerprint density at radius 3 is 2.14 bits per heavy atom. The van der Waals surface area contributed by atoms with Crippen molar-refractivity contribution in [3.05, 3.63) is 85.9 Å². The van der Waals surface area contributed by atoms with Crippen molar-refractivity contribution in [3.8, 4) is 5.75 Å². The molecule has 1 aliphatic rings. The van der Waals surface area contributed by atoms with E-state index in [1.54, 1.807) is 7.11 Å². The van der Waals surface area contributed by atoms with E-state index < -0.39 is 7.14 Å². The van der Waals surface area contributed by atoms with Gasteiger partial charge >= 0.3 is 0 Å². The zero-order chi connectivity index (χ0) is 14.7. The van der Waals surface area contributed by atoms with Crippen LogP contribution in [0.25, 0.3) is 0 Å². The monoisotopic (exact) mass is 295 g/mol. The lowest BCUT2D eigenvalue weighted by atomic mass is 10.3. The van der Waals surface area contributed by atoms with Crippen molar-refractivity contribution in [3.63, 3.8) is 0 Å². The molecule has 2 nitrogen and oxygen atoms in total. The van der Waals surface area contributed by atoms with Gasteiger partial charge < -0.3 is 9.30 Å². The number of para-hydroxylation sites is 1. The highest BCUT2D eigenvalue weighted by atomic mass is 31.2. The van der Waals surface area contributed by atoms with Crippen LogP contribution in [0.3, 0.4) is 0 Å². The van der Waals surface area contributed by atoms with Crippen LogP contribution in [0, 0.1) is 31.3 Å². The van der Waals surface area contributed by atoms with E-state index in [1.807, 2.05) is 80.3 Å². The molecule has 21 heavy (non-hydrogen) atoms. The van der Waals surface area contributed by atoms with E-state index in [9.17, 15) is 4.57 Å². The summed E-state index contributed by atoms with van der Waals surface area (Å²) in [5, 5.41) is 1.56. The summed E-state index contributed by atoms with van der Waals surface area (Å²) >= 11 is 0. The number of hydrogen-bond acceptors (Lipinski definition) is 2. The van der Waals surface area contributed by atoms with Gasteiger partial charge in [0.15, 0.2) is 7.14 Å². The van der Waals surface area contributed by atoms with Crippen molar-refractivity contribution in [1.82, 2.24) is 0 Å². The van der Waals surface area contributed by atoms with Crippen LogP contribution in [0.15, 0.2) is 54.6 Å². The lowest BCUT2D eigenvalue weighted by molar-refractivity contribution is 0.418. The Hall–Kier alpha value is -1.53. The fraction of sp³-hybridized carbons (Fsp3) is 0.0556. The molecule has 0 unspecified atom stereocenters. The minimum Gasteiger partial charge on any atom is -0.496 e. The summed E-state index contributed by atoms with van der Waals surface area (Å²) < 4.78 is 19.4. The van der Waals surface area contributed by atoms with Crippen molar-refractivity contribution in [2.45, 2.75) is 0 Å². The second-order valence-electron chi connectivity index (χ2n) is 4.76. The molecule has 1 atom stereocenters. The van der Waals surface area contributed by atoms with Crippen molar-refractivity contribution in [1.29, 1.82) is 0 Å². The van der Waals surface area contributed by atoms with E-state index >= 15 is 0 Å². The van der Waals surface area contributed by atoms with Gasteiger partial charge in [-0.25, -0.2) is 0 Å². The molecule has 2 aromatic carbocycles. The first-order chi connectivity index (χ1) is 10.3. The summed E-state index contributed by atoms with van der Waals surface area (Å²) in [4.78, 5) is 0. The van der Waals surface area contributed by atoms with E-state index in [1.165, 1.54) is 0 Å². The third-order valence-electron chi connectivity index (χ3n) is 3.55. The molecular weight excluding hydrogens is 279 g/mol. The van der Waals surface area contributed by atoms with E-state index in [4.69, 9.17) is 4.74 Å². The molecule has 105 valence electrons. The first-order valence-electron chi connectivity index (χ1n) is 6.78. The van der Waals surface area contributed by atoms with Crippen LogP contribution in [0.2, 0.25) is 0 Å². The molecule has 1 fully saturated rings. The predicted octanol–water partition coefficient (Wildman–Crippen LogP) is 3.37. The molecule has 0 saturated heterocycles. The topological polar surface area (TPSA) is 26.3 Å². The Kier molecular flexibility index (Phi) is 4.17. The standard InChI is InChI=1S/C18H16O2P/c1-20-17-13-7-8-14-18(17)21(19,16-11-5-6-12-16)15-9-3-2-4-10-15/h2-14H,1H3/t21-/m1/s1. The van der Waals surface area contributed by atoms with Gasteiger partial charge in [-0.15, -0.1) is 0 Å². The zero-order valence-electron chi connectivity index (χ0n) is 11.8. The molecule has 3 rings (SSSR count). The Labute approximate surface area is 126 Å². The molecule has 1 aliphatic carbocycles. The molecular formula is C18H16O2P. The lowest BCUT2D eigenvalue weighted by Crippen LogP contribution is -2.22. The number of methoxy groups -OCH3 is 1. The first kappa shape index (κ1) is 14.4. The van der Waals surface area contributed by atoms with Gasteiger partial charge in [-0.2, -0.15) is 0 Å². The number of ether oxygens (including phenoxy) is 1. The number of hydrogen-bond donors (Lipinski definition) is 0. The van der Waals surface area contributed by atoms with Crippen molar-refractivity contribution in [2.24, 2.45) is 0 Å². The predicted molar refractivity (Wildman–Crippen MR) is 86.8 cm³/mol. The summed E-state index contributed by atoms with van der Waals surface area (Å²) in [5.41, 5.74) is 0.832. The van der Waals surface area contributed by atoms with Crippen LogP contribution in [0.1, 0.15) is 0 Å². The molecule has 5 radical (unpaired) electrons. The maximum Gasteiger partial charge on any atom is 0.154 e. The van der Waals surface area contributed by atoms with Gasteiger partial charge in [0.25, 0.3) is 0 Å². The van der Waals surface area contributed by atoms with Crippen LogP contribution < -0.4 is 15.3 Å².